The number of guanidine groups is 1. The van der Waals surface area contributed by atoms with E-state index < -0.39 is 0 Å². The molecule has 0 aromatic heterocycles. The van der Waals surface area contributed by atoms with Gasteiger partial charge in [0.05, 0.1) is 40.1 Å². The first-order valence-electron chi connectivity index (χ1n) is 15.5. The van der Waals surface area contributed by atoms with Gasteiger partial charge in [-0.25, -0.2) is 0 Å². The van der Waals surface area contributed by atoms with E-state index in [4.69, 9.17) is 28.7 Å². The molecule has 0 aliphatic carbocycles. The van der Waals surface area contributed by atoms with Gasteiger partial charge in [0.2, 0.25) is 0 Å². The van der Waals surface area contributed by atoms with E-state index in [0.29, 0.717) is 69.2 Å². The van der Waals surface area contributed by atoms with E-state index >= 15 is 0 Å². The lowest BCUT2D eigenvalue weighted by molar-refractivity contribution is 0.102. The predicted octanol–water partition coefficient (Wildman–Crippen LogP) is 5.79. The maximum absolute atomic E-state index is 13.7. The number of amides is 2. The highest BCUT2D eigenvalue weighted by atomic mass is 32.2. The molecule has 0 heterocycles. The van der Waals surface area contributed by atoms with Gasteiger partial charge in [-0.05, 0) is 71.3 Å². The van der Waals surface area contributed by atoms with Gasteiger partial charge in [0.15, 0.2) is 5.96 Å². The fourth-order valence-corrected chi connectivity index (χ4v) is 6.31. The second kappa shape index (κ2) is 16.2. The molecule has 0 saturated heterocycles. The molecule has 0 saturated carbocycles. The minimum atomic E-state index is -0.382. The van der Waals surface area contributed by atoms with Crippen molar-refractivity contribution in [2.45, 2.75) is 69.1 Å². The summed E-state index contributed by atoms with van der Waals surface area (Å²) in [6.07, 6.45) is 0. The third-order valence-electron chi connectivity index (χ3n) is 7.18. The van der Waals surface area contributed by atoms with Gasteiger partial charge in [-0.2, -0.15) is 0 Å². The van der Waals surface area contributed by atoms with Crippen molar-refractivity contribution in [1.29, 1.82) is 0 Å². The maximum Gasteiger partial charge on any atom is 0.255 e. The summed E-state index contributed by atoms with van der Waals surface area (Å²) in [5.74, 6) is 0.942. The van der Waals surface area contributed by atoms with Gasteiger partial charge in [0, 0.05) is 34.0 Å². The number of nitrogens with zero attached hydrogens (tertiary/aromatic N) is 2. The zero-order chi connectivity index (χ0) is 35.8. The molecule has 0 spiro atoms. The van der Waals surface area contributed by atoms with Crippen LogP contribution >= 0.6 is 23.5 Å². The summed E-state index contributed by atoms with van der Waals surface area (Å²) in [5.41, 5.74) is 34.1. The van der Waals surface area contributed by atoms with Crippen molar-refractivity contribution >= 4 is 69.9 Å². The highest BCUT2D eigenvalue weighted by Crippen LogP contribution is 2.39. The van der Waals surface area contributed by atoms with E-state index in [0.717, 1.165) is 16.0 Å². The van der Waals surface area contributed by atoms with Crippen LogP contribution in [-0.2, 0) is 10.8 Å². The smallest absolute Gasteiger partial charge is 0.255 e. The molecule has 0 unspecified atom stereocenters. The Hall–Kier alpha value is -4.36. The van der Waals surface area contributed by atoms with Crippen LogP contribution in [0.25, 0.3) is 0 Å². The molecular formula is C35H49N9O2S2. The fourth-order valence-electron chi connectivity index (χ4n) is 4.56. The van der Waals surface area contributed by atoms with E-state index in [2.05, 4.69) is 62.2 Å². The maximum atomic E-state index is 13.7. The van der Waals surface area contributed by atoms with E-state index in [-0.39, 0.29) is 28.6 Å². The first-order chi connectivity index (χ1) is 22.4. The van der Waals surface area contributed by atoms with Crippen LogP contribution in [0.2, 0.25) is 0 Å². The predicted molar refractivity (Wildman–Crippen MR) is 206 cm³/mol. The van der Waals surface area contributed by atoms with Gasteiger partial charge in [0.25, 0.3) is 11.8 Å². The van der Waals surface area contributed by atoms with Crippen LogP contribution in [0, 0.1) is 0 Å². The summed E-state index contributed by atoms with van der Waals surface area (Å²) in [6, 6.07) is 14.3. The largest absolute Gasteiger partial charge is 0.398 e. The minimum absolute atomic E-state index is 0.0109. The molecule has 11 nitrogen and oxygen atoms in total. The van der Waals surface area contributed by atoms with Crippen molar-refractivity contribution < 1.29 is 9.59 Å². The number of rotatable bonds is 12. The molecule has 3 aromatic rings. The number of hydrogen-bond acceptors (Lipinski definition) is 8. The lowest BCUT2D eigenvalue weighted by atomic mass is 9.86. The van der Waals surface area contributed by atoms with E-state index in [1.165, 1.54) is 23.5 Å². The summed E-state index contributed by atoms with van der Waals surface area (Å²) < 4.78 is 0. The normalized spacial score (nSPS) is 12.0. The number of anilines is 4. The molecule has 2 amide bonds. The number of nitrogens with one attached hydrogen (secondary N) is 2. The van der Waals surface area contributed by atoms with E-state index in [9.17, 15) is 9.59 Å². The fraction of sp³-hybridized carbons (Fsp3) is 0.371. The number of amidine groups is 1. The summed E-state index contributed by atoms with van der Waals surface area (Å²) >= 11 is 2.94. The molecule has 13 heteroatoms. The molecule has 12 N–H and O–H groups in total. The van der Waals surface area contributed by atoms with Crippen LogP contribution in [0.5, 0.6) is 0 Å². The van der Waals surface area contributed by atoms with Crippen molar-refractivity contribution in [3.8, 4) is 0 Å². The second-order valence-electron chi connectivity index (χ2n) is 13.4. The van der Waals surface area contributed by atoms with Crippen molar-refractivity contribution in [3.63, 3.8) is 0 Å². The SMILES string of the molecule is CC(N)=NCCSc1c(N)cc(C(C)(C)C)cc1NC(=O)c1cccc(C(=O)Nc2cc(C(C)(C)C)cc(N)c2SCCN=C(N)N)c1. The molecule has 3 aromatic carbocycles. The van der Waals surface area contributed by atoms with Crippen molar-refractivity contribution in [1.82, 2.24) is 0 Å². The Bertz CT molecular complexity index is 1580. The average molecular weight is 692 g/mol. The Labute approximate surface area is 292 Å². The number of carbonyl (C=O) groups is 2. The van der Waals surface area contributed by atoms with Gasteiger partial charge in [-0.15, -0.1) is 23.5 Å². The molecule has 0 aliphatic heterocycles. The molecule has 3 rings (SSSR count). The van der Waals surface area contributed by atoms with Gasteiger partial charge in [0.1, 0.15) is 0 Å². The molecule has 0 aliphatic rings. The van der Waals surface area contributed by atoms with E-state index in [1.807, 2.05) is 24.3 Å². The zero-order valence-electron chi connectivity index (χ0n) is 28.9. The van der Waals surface area contributed by atoms with Crippen LogP contribution in [0.4, 0.5) is 22.7 Å². The molecule has 0 atom stereocenters. The van der Waals surface area contributed by atoms with Gasteiger partial charge in [-0.1, -0.05) is 47.6 Å². The number of thioether (sulfide) groups is 2. The molecule has 48 heavy (non-hydrogen) atoms. The number of aliphatic imine (C=N–C) groups is 2. The number of hydrogen-bond donors (Lipinski definition) is 7. The number of benzene rings is 3. The minimum Gasteiger partial charge on any atom is -0.398 e. The van der Waals surface area contributed by atoms with Gasteiger partial charge in [-0.3, -0.25) is 19.6 Å². The molecule has 258 valence electrons. The first kappa shape index (κ1) is 38.1. The topological polar surface area (TPSA) is 213 Å². The Balaban J connectivity index is 1.91. The third-order valence-corrected chi connectivity index (χ3v) is 9.44. The van der Waals surface area contributed by atoms with Gasteiger partial charge < -0.3 is 39.3 Å². The molecule has 0 fully saturated rings. The Morgan fingerprint density at radius 3 is 1.48 bits per heavy atom. The number of carbonyl (C=O) groups excluding carboxylic acids is 2. The monoisotopic (exact) mass is 691 g/mol. The summed E-state index contributed by atoms with van der Waals surface area (Å²) in [6.45, 7) is 15.1. The first-order valence-corrected chi connectivity index (χ1v) is 17.5. The number of nitrogens with two attached hydrogens (primary N) is 5. The highest BCUT2D eigenvalue weighted by molar-refractivity contribution is 7.99. The molecule has 0 bridgehead atoms. The summed E-state index contributed by atoms with van der Waals surface area (Å²) in [7, 11) is 0. The molecule has 0 radical (unpaired) electrons. The summed E-state index contributed by atoms with van der Waals surface area (Å²) in [4.78, 5) is 37.1. The van der Waals surface area contributed by atoms with Crippen molar-refractivity contribution in [3.05, 3.63) is 70.8 Å². The molecular weight excluding hydrogens is 643 g/mol. The third kappa shape index (κ3) is 10.8. The van der Waals surface area contributed by atoms with Crippen LogP contribution in [0.1, 0.15) is 80.3 Å². The lowest BCUT2D eigenvalue weighted by Crippen LogP contribution is -2.23. The lowest BCUT2D eigenvalue weighted by Gasteiger charge is -2.23. The van der Waals surface area contributed by atoms with Crippen molar-refractivity contribution in [2.75, 3.05) is 46.7 Å². The quantitative estimate of drug-likeness (QED) is 0.0402. The van der Waals surface area contributed by atoms with Crippen LogP contribution in [0.15, 0.2) is 68.3 Å². The number of nitrogen functional groups attached to an aromatic ring is 2. The Morgan fingerprint density at radius 2 is 1.10 bits per heavy atom. The second-order valence-corrected chi connectivity index (χ2v) is 15.6. The standard InChI is InChI=1S/C35H49N9O2S2/c1-20(36)41-11-13-47-29-25(37)16-23(34(2,3)4)18-27(29)43-31(45)21-9-8-10-22(15-21)32(46)44-28-19-24(35(5,6)7)17-26(38)30(28)48-14-12-42-33(39)40/h8-10,15-19H,11-14,37-38H2,1-7H3,(H2,36,41)(H,43,45)(H,44,46)(H4,39,40,42). The Kier molecular flexibility index (Phi) is 12.8. The average Bonchev–Trinajstić information content (AvgIpc) is 2.98. The van der Waals surface area contributed by atoms with Crippen LogP contribution < -0.4 is 39.3 Å². The summed E-state index contributed by atoms with van der Waals surface area (Å²) in [5, 5.41) is 6.07. The zero-order valence-corrected chi connectivity index (χ0v) is 30.5. The van der Waals surface area contributed by atoms with E-state index in [1.54, 1.807) is 31.2 Å². The van der Waals surface area contributed by atoms with Crippen LogP contribution in [-0.4, -0.2) is 48.2 Å². The highest BCUT2D eigenvalue weighted by Gasteiger charge is 2.22. The van der Waals surface area contributed by atoms with Gasteiger partial charge >= 0.3 is 0 Å². The Morgan fingerprint density at radius 1 is 0.688 bits per heavy atom. The van der Waals surface area contributed by atoms with Crippen LogP contribution in [0.3, 0.4) is 0 Å². The van der Waals surface area contributed by atoms with Crippen molar-refractivity contribution in [2.24, 2.45) is 27.2 Å².